The van der Waals surface area contributed by atoms with Gasteiger partial charge < -0.3 is 5.73 Å². The third-order valence-electron chi connectivity index (χ3n) is 4.85. The molecule has 2 fully saturated rings. The summed E-state index contributed by atoms with van der Waals surface area (Å²) in [6, 6.07) is 6.49. The minimum absolute atomic E-state index is 0.208. The van der Waals surface area contributed by atoms with E-state index in [4.69, 9.17) is 18.0 Å². The first-order valence-electron chi connectivity index (χ1n) is 7.35. The predicted octanol–water partition coefficient (Wildman–Crippen LogP) is 2.04. The van der Waals surface area contributed by atoms with E-state index in [9.17, 15) is 8.42 Å². The lowest BCUT2D eigenvalue weighted by atomic mass is 9.89. The minimum atomic E-state index is -3.49. The summed E-state index contributed by atoms with van der Waals surface area (Å²) in [6.07, 6.45) is 5.03. The van der Waals surface area contributed by atoms with Crippen LogP contribution in [-0.4, -0.2) is 20.0 Å². The van der Waals surface area contributed by atoms with E-state index in [1.165, 1.54) is 31.7 Å². The van der Waals surface area contributed by atoms with Crippen molar-refractivity contribution in [3.8, 4) is 0 Å². The van der Waals surface area contributed by atoms with Gasteiger partial charge in [0.05, 0.1) is 4.90 Å². The van der Waals surface area contributed by atoms with Crippen LogP contribution in [-0.2, 0) is 10.0 Å². The van der Waals surface area contributed by atoms with Crippen LogP contribution in [0.3, 0.4) is 0 Å². The Labute approximate surface area is 131 Å². The molecule has 0 aliphatic heterocycles. The van der Waals surface area contributed by atoms with E-state index in [1.54, 1.807) is 18.2 Å². The topological polar surface area (TPSA) is 72.2 Å². The zero-order valence-electron chi connectivity index (χ0n) is 11.8. The van der Waals surface area contributed by atoms with Crippen molar-refractivity contribution in [2.75, 3.05) is 6.54 Å². The highest BCUT2D eigenvalue weighted by Crippen LogP contribution is 2.48. The monoisotopic (exact) mass is 324 g/mol. The number of hydrogen-bond donors (Lipinski definition) is 2. The molecule has 3 N–H and O–H groups in total. The van der Waals surface area contributed by atoms with Crippen molar-refractivity contribution in [3.63, 3.8) is 0 Å². The number of nitrogens with two attached hydrogens (primary N) is 1. The number of nitrogens with one attached hydrogen (secondary N) is 1. The molecule has 2 bridgehead atoms. The average molecular weight is 324 g/mol. The van der Waals surface area contributed by atoms with Crippen molar-refractivity contribution in [1.29, 1.82) is 0 Å². The van der Waals surface area contributed by atoms with Gasteiger partial charge in [0.1, 0.15) is 4.99 Å². The lowest BCUT2D eigenvalue weighted by Crippen LogP contribution is -2.31. The Bertz CT molecular complexity index is 657. The number of sulfonamides is 1. The number of fused-ring (bicyclic) bond motifs is 2. The van der Waals surface area contributed by atoms with Crippen molar-refractivity contribution >= 4 is 27.2 Å². The molecule has 0 saturated heterocycles. The van der Waals surface area contributed by atoms with E-state index in [2.05, 4.69) is 4.72 Å². The molecule has 1 aromatic rings. The zero-order chi connectivity index (χ0) is 15.0. The molecule has 3 unspecified atom stereocenters. The summed E-state index contributed by atoms with van der Waals surface area (Å²) in [5.74, 6) is 2.03. The normalized spacial score (nSPS) is 27.9. The maximum absolute atomic E-state index is 12.4. The van der Waals surface area contributed by atoms with Crippen LogP contribution in [0.4, 0.5) is 0 Å². The number of benzene rings is 1. The molecular weight excluding hydrogens is 304 g/mol. The molecule has 0 spiro atoms. The quantitative estimate of drug-likeness (QED) is 0.813. The fourth-order valence-corrected chi connectivity index (χ4v) is 5.01. The molecule has 1 aromatic carbocycles. The lowest BCUT2D eigenvalue weighted by molar-refractivity contribution is 0.333. The summed E-state index contributed by atoms with van der Waals surface area (Å²) in [5.41, 5.74) is 6.13. The molecule has 0 aromatic heterocycles. The van der Waals surface area contributed by atoms with Crippen LogP contribution in [0.5, 0.6) is 0 Å². The van der Waals surface area contributed by atoms with Gasteiger partial charge in [-0.3, -0.25) is 0 Å². The summed E-state index contributed by atoms with van der Waals surface area (Å²) >= 11 is 4.90. The molecule has 2 aliphatic carbocycles. The van der Waals surface area contributed by atoms with Crippen LogP contribution in [0.25, 0.3) is 0 Å². The molecular formula is C15H20N2O2S2. The van der Waals surface area contributed by atoms with E-state index in [-0.39, 0.29) is 9.88 Å². The van der Waals surface area contributed by atoms with Crippen molar-refractivity contribution < 1.29 is 8.42 Å². The van der Waals surface area contributed by atoms with Gasteiger partial charge in [0.15, 0.2) is 0 Å². The lowest BCUT2D eigenvalue weighted by Gasteiger charge is -2.21. The van der Waals surface area contributed by atoms with E-state index >= 15 is 0 Å². The fourth-order valence-electron chi connectivity index (χ4n) is 3.74. The molecule has 2 aliphatic rings. The SMILES string of the molecule is NC(=S)c1cccc(S(=O)(=O)NCC2CC3CCC2C3)c1. The zero-order valence-corrected chi connectivity index (χ0v) is 13.4. The van der Waals surface area contributed by atoms with Crippen LogP contribution < -0.4 is 10.5 Å². The standard InChI is InChI=1S/C15H20N2O2S2/c16-15(20)12-2-1-3-14(8-12)21(18,19)17-9-13-7-10-4-5-11(13)6-10/h1-3,8,10-11,13,17H,4-7,9H2,(H2,16,20). The Hall–Kier alpha value is -0.980. The highest BCUT2D eigenvalue weighted by Gasteiger charge is 2.39. The summed E-state index contributed by atoms with van der Waals surface area (Å²) < 4.78 is 27.5. The first kappa shape index (κ1) is 14.9. The van der Waals surface area contributed by atoms with Gasteiger partial charge in [0.2, 0.25) is 10.0 Å². The van der Waals surface area contributed by atoms with E-state index in [0.717, 1.165) is 5.92 Å². The predicted molar refractivity (Wildman–Crippen MR) is 86.5 cm³/mol. The fraction of sp³-hybridized carbons (Fsp3) is 0.533. The van der Waals surface area contributed by atoms with Crippen molar-refractivity contribution in [2.24, 2.45) is 23.5 Å². The van der Waals surface area contributed by atoms with Crippen LogP contribution in [0.2, 0.25) is 0 Å². The first-order valence-corrected chi connectivity index (χ1v) is 9.24. The first-order chi connectivity index (χ1) is 9.95. The second kappa shape index (κ2) is 5.66. The largest absolute Gasteiger partial charge is 0.389 e. The molecule has 6 heteroatoms. The van der Waals surface area contributed by atoms with Gasteiger partial charge in [-0.05, 0) is 49.1 Å². The highest BCUT2D eigenvalue weighted by atomic mass is 32.2. The summed E-state index contributed by atoms with van der Waals surface area (Å²) in [5, 5.41) is 0. The molecule has 2 saturated carbocycles. The number of rotatable bonds is 5. The highest BCUT2D eigenvalue weighted by molar-refractivity contribution is 7.89. The second-order valence-corrected chi connectivity index (χ2v) is 8.39. The Kier molecular flexibility index (Phi) is 4.03. The number of hydrogen-bond acceptors (Lipinski definition) is 3. The van der Waals surface area contributed by atoms with Gasteiger partial charge in [0, 0.05) is 12.1 Å². The van der Waals surface area contributed by atoms with Crippen molar-refractivity contribution in [2.45, 2.75) is 30.6 Å². The minimum Gasteiger partial charge on any atom is -0.389 e. The Morgan fingerprint density at radius 1 is 1.33 bits per heavy atom. The van der Waals surface area contributed by atoms with Gasteiger partial charge in [0.25, 0.3) is 0 Å². The van der Waals surface area contributed by atoms with Gasteiger partial charge in [-0.2, -0.15) is 0 Å². The molecule has 3 atom stereocenters. The maximum Gasteiger partial charge on any atom is 0.240 e. The third-order valence-corrected chi connectivity index (χ3v) is 6.51. The van der Waals surface area contributed by atoms with Crippen LogP contribution in [0.15, 0.2) is 29.2 Å². The second-order valence-electron chi connectivity index (χ2n) is 6.18. The van der Waals surface area contributed by atoms with Crippen molar-refractivity contribution in [3.05, 3.63) is 29.8 Å². The molecule has 21 heavy (non-hydrogen) atoms. The third kappa shape index (κ3) is 3.12. The van der Waals surface area contributed by atoms with E-state index in [0.29, 0.717) is 23.9 Å². The smallest absolute Gasteiger partial charge is 0.240 e. The molecule has 4 nitrogen and oxygen atoms in total. The van der Waals surface area contributed by atoms with Crippen molar-refractivity contribution in [1.82, 2.24) is 4.72 Å². The molecule has 114 valence electrons. The van der Waals surface area contributed by atoms with E-state index in [1.807, 2.05) is 0 Å². The van der Waals surface area contributed by atoms with Gasteiger partial charge in [-0.1, -0.05) is 30.8 Å². The maximum atomic E-state index is 12.4. The van der Waals surface area contributed by atoms with Gasteiger partial charge in [-0.25, -0.2) is 13.1 Å². The Morgan fingerprint density at radius 2 is 2.14 bits per heavy atom. The summed E-state index contributed by atoms with van der Waals surface area (Å²) in [4.78, 5) is 0.441. The van der Waals surface area contributed by atoms with Crippen LogP contribution >= 0.6 is 12.2 Å². The van der Waals surface area contributed by atoms with Crippen LogP contribution in [0, 0.1) is 17.8 Å². The molecule has 3 rings (SSSR count). The molecule has 0 heterocycles. The Morgan fingerprint density at radius 3 is 2.76 bits per heavy atom. The van der Waals surface area contributed by atoms with Gasteiger partial charge in [-0.15, -0.1) is 0 Å². The Balaban J connectivity index is 1.69. The van der Waals surface area contributed by atoms with Gasteiger partial charge >= 0.3 is 0 Å². The molecule has 0 radical (unpaired) electrons. The van der Waals surface area contributed by atoms with Crippen LogP contribution in [0.1, 0.15) is 31.2 Å². The summed E-state index contributed by atoms with van der Waals surface area (Å²) in [6.45, 7) is 0.542. The molecule has 0 amide bonds. The summed E-state index contributed by atoms with van der Waals surface area (Å²) in [7, 11) is -3.49. The average Bonchev–Trinajstić information content (AvgIpc) is 3.08. The van der Waals surface area contributed by atoms with E-state index < -0.39 is 10.0 Å². The number of thiocarbonyl (C=S) groups is 1.